The Kier molecular flexibility index (Phi) is 3.04. The lowest BCUT2D eigenvalue weighted by atomic mass is 10.1. The molecule has 1 aromatic carbocycles. The van der Waals surface area contributed by atoms with Gasteiger partial charge in [-0.15, -0.1) is 0 Å². The van der Waals surface area contributed by atoms with Gasteiger partial charge in [0.15, 0.2) is 5.78 Å². The van der Waals surface area contributed by atoms with Crippen LogP contribution in [0.4, 0.5) is 4.39 Å². The zero-order chi connectivity index (χ0) is 12.4. The molecule has 0 aliphatic heterocycles. The Morgan fingerprint density at radius 2 is 2.24 bits per heavy atom. The molecule has 4 heteroatoms. The van der Waals surface area contributed by atoms with Gasteiger partial charge in [-0.05, 0) is 19.1 Å². The first kappa shape index (κ1) is 11.5. The van der Waals surface area contributed by atoms with E-state index in [9.17, 15) is 9.18 Å². The molecule has 0 amide bonds. The second-order valence-electron chi connectivity index (χ2n) is 3.76. The van der Waals surface area contributed by atoms with E-state index >= 15 is 0 Å². The normalized spacial score (nSPS) is 10.5. The van der Waals surface area contributed by atoms with E-state index in [4.69, 9.17) is 0 Å². The molecule has 2 rings (SSSR count). The van der Waals surface area contributed by atoms with E-state index in [1.807, 2.05) is 6.92 Å². The van der Waals surface area contributed by atoms with Crippen molar-refractivity contribution in [2.24, 2.45) is 0 Å². The first-order valence-corrected chi connectivity index (χ1v) is 5.47. The fourth-order valence-corrected chi connectivity index (χ4v) is 1.88. The van der Waals surface area contributed by atoms with E-state index < -0.39 is 5.82 Å². The van der Waals surface area contributed by atoms with Crippen molar-refractivity contribution in [3.05, 3.63) is 47.8 Å². The van der Waals surface area contributed by atoms with Gasteiger partial charge in [0.1, 0.15) is 11.6 Å². The fraction of sp³-hybridized carbons (Fsp3) is 0.231. The second-order valence-corrected chi connectivity index (χ2v) is 3.76. The summed E-state index contributed by atoms with van der Waals surface area (Å²) in [5, 5.41) is 0. The Hall–Kier alpha value is -1.97. The smallest absolute Gasteiger partial charge is 0.164 e. The summed E-state index contributed by atoms with van der Waals surface area (Å²) >= 11 is 0. The Balaban J connectivity index is 2.67. The van der Waals surface area contributed by atoms with Crippen LogP contribution in [-0.2, 0) is 6.42 Å². The van der Waals surface area contributed by atoms with Crippen LogP contribution < -0.4 is 0 Å². The summed E-state index contributed by atoms with van der Waals surface area (Å²) in [5.74, 6) is 0.0257. The molecule has 0 aliphatic rings. The van der Waals surface area contributed by atoms with E-state index in [1.54, 1.807) is 29.1 Å². The molecule has 1 heterocycles. The highest BCUT2D eigenvalue weighted by Gasteiger charge is 2.15. The van der Waals surface area contributed by atoms with Gasteiger partial charge in [-0.2, -0.15) is 0 Å². The highest BCUT2D eigenvalue weighted by atomic mass is 19.1. The van der Waals surface area contributed by atoms with Crippen molar-refractivity contribution in [2.75, 3.05) is 0 Å². The maximum Gasteiger partial charge on any atom is 0.164 e. The lowest BCUT2D eigenvalue weighted by molar-refractivity contribution is 0.101. The van der Waals surface area contributed by atoms with Crippen LogP contribution in [-0.4, -0.2) is 15.3 Å². The van der Waals surface area contributed by atoms with Gasteiger partial charge in [0, 0.05) is 18.8 Å². The number of nitrogens with zero attached hydrogens (tertiary/aromatic N) is 2. The topological polar surface area (TPSA) is 34.9 Å². The summed E-state index contributed by atoms with van der Waals surface area (Å²) in [6, 6.07) is 4.61. The summed E-state index contributed by atoms with van der Waals surface area (Å²) in [7, 11) is 0. The molecule has 0 unspecified atom stereocenters. The minimum absolute atomic E-state index is 0.111. The van der Waals surface area contributed by atoms with Crippen molar-refractivity contribution >= 4 is 5.78 Å². The maximum atomic E-state index is 13.7. The van der Waals surface area contributed by atoms with Crippen LogP contribution in [0.15, 0.2) is 30.6 Å². The zero-order valence-corrected chi connectivity index (χ0v) is 9.77. The summed E-state index contributed by atoms with van der Waals surface area (Å²) in [4.78, 5) is 15.7. The van der Waals surface area contributed by atoms with E-state index in [0.717, 1.165) is 12.2 Å². The molecule has 0 spiro atoms. The van der Waals surface area contributed by atoms with Gasteiger partial charge in [0.05, 0.1) is 11.3 Å². The number of aromatic nitrogens is 2. The number of Topliss-reactive ketones (excluding diaryl/α,β-unsaturated/α-hetero) is 1. The molecular formula is C13H13FN2O. The molecule has 0 atom stereocenters. The highest BCUT2D eigenvalue weighted by Crippen LogP contribution is 2.20. The maximum absolute atomic E-state index is 13.7. The van der Waals surface area contributed by atoms with Gasteiger partial charge in [0.25, 0.3) is 0 Å². The van der Waals surface area contributed by atoms with E-state index in [0.29, 0.717) is 5.69 Å². The van der Waals surface area contributed by atoms with Gasteiger partial charge in [-0.1, -0.05) is 13.0 Å². The highest BCUT2D eigenvalue weighted by molar-refractivity contribution is 5.98. The number of hydrogen-bond acceptors (Lipinski definition) is 2. The lowest BCUT2D eigenvalue weighted by Gasteiger charge is -2.11. The molecule has 0 saturated heterocycles. The van der Waals surface area contributed by atoms with Gasteiger partial charge >= 0.3 is 0 Å². The number of imidazole rings is 1. The third kappa shape index (κ3) is 1.98. The molecule has 0 radical (unpaired) electrons. The van der Waals surface area contributed by atoms with Gasteiger partial charge in [0.2, 0.25) is 0 Å². The third-order valence-electron chi connectivity index (χ3n) is 2.64. The number of rotatable bonds is 3. The first-order valence-electron chi connectivity index (χ1n) is 5.47. The molecule has 3 nitrogen and oxygen atoms in total. The Morgan fingerprint density at radius 1 is 1.47 bits per heavy atom. The van der Waals surface area contributed by atoms with Crippen LogP contribution in [0.3, 0.4) is 0 Å². The van der Waals surface area contributed by atoms with Crippen LogP contribution in [0.1, 0.15) is 30.0 Å². The summed E-state index contributed by atoms with van der Waals surface area (Å²) < 4.78 is 15.4. The van der Waals surface area contributed by atoms with Crippen LogP contribution in [0.25, 0.3) is 5.69 Å². The van der Waals surface area contributed by atoms with E-state index in [-0.39, 0.29) is 11.3 Å². The molecular weight excluding hydrogens is 219 g/mol. The Morgan fingerprint density at radius 3 is 2.88 bits per heavy atom. The molecule has 0 aliphatic carbocycles. The van der Waals surface area contributed by atoms with Crippen molar-refractivity contribution < 1.29 is 9.18 Å². The van der Waals surface area contributed by atoms with Crippen LogP contribution in [0.2, 0.25) is 0 Å². The second kappa shape index (κ2) is 4.49. The van der Waals surface area contributed by atoms with Crippen molar-refractivity contribution in [3.8, 4) is 5.69 Å². The molecule has 0 saturated carbocycles. The summed E-state index contributed by atoms with van der Waals surface area (Å²) in [5.41, 5.74) is 0.659. The van der Waals surface area contributed by atoms with Crippen molar-refractivity contribution in [3.63, 3.8) is 0 Å². The number of carbonyl (C=O) groups excluding carboxylic acids is 1. The Labute approximate surface area is 98.9 Å². The SMILES string of the molecule is CCc1nccn1-c1cccc(F)c1C(C)=O. The van der Waals surface area contributed by atoms with Gasteiger partial charge in [-0.25, -0.2) is 9.37 Å². The number of carbonyl (C=O) groups is 1. The average Bonchev–Trinajstić information content (AvgIpc) is 2.75. The van der Waals surface area contributed by atoms with Crippen LogP contribution in [0, 0.1) is 5.82 Å². The predicted molar refractivity (Wildman–Crippen MR) is 62.9 cm³/mol. The predicted octanol–water partition coefficient (Wildman–Crippen LogP) is 2.78. The average molecular weight is 232 g/mol. The number of hydrogen-bond donors (Lipinski definition) is 0. The molecule has 1 aromatic heterocycles. The third-order valence-corrected chi connectivity index (χ3v) is 2.64. The van der Waals surface area contributed by atoms with Gasteiger partial charge < -0.3 is 4.57 Å². The Bertz CT molecular complexity index is 560. The largest absolute Gasteiger partial charge is 0.303 e. The number of ketones is 1. The molecule has 0 bridgehead atoms. The number of benzene rings is 1. The van der Waals surface area contributed by atoms with Crippen molar-refractivity contribution in [1.82, 2.24) is 9.55 Å². The number of aryl methyl sites for hydroxylation is 1. The first-order chi connectivity index (χ1) is 8.15. The minimum Gasteiger partial charge on any atom is -0.303 e. The molecule has 17 heavy (non-hydrogen) atoms. The molecule has 2 aromatic rings. The van der Waals surface area contributed by atoms with Crippen molar-refractivity contribution in [2.45, 2.75) is 20.3 Å². The summed E-state index contributed by atoms with van der Waals surface area (Å²) in [6.07, 6.45) is 4.11. The quantitative estimate of drug-likeness (QED) is 0.763. The molecule has 88 valence electrons. The molecule has 0 N–H and O–H groups in total. The van der Waals surface area contributed by atoms with Crippen LogP contribution in [0.5, 0.6) is 0 Å². The number of halogens is 1. The van der Waals surface area contributed by atoms with E-state index in [2.05, 4.69) is 4.98 Å². The molecule has 0 fully saturated rings. The standard InChI is InChI=1S/C13H13FN2O/c1-3-12-15-7-8-16(12)11-6-4-5-10(14)13(11)9(2)17/h4-8H,3H2,1-2H3. The summed E-state index contributed by atoms with van der Waals surface area (Å²) in [6.45, 7) is 3.33. The monoisotopic (exact) mass is 232 g/mol. The minimum atomic E-state index is -0.495. The van der Waals surface area contributed by atoms with E-state index in [1.165, 1.54) is 13.0 Å². The zero-order valence-electron chi connectivity index (χ0n) is 9.77. The van der Waals surface area contributed by atoms with Gasteiger partial charge in [-0.3, -0.25) is 4.79 Å². The van der Waals surface area contributed by atoms with Crippen LogP contribution >= 0.6 is 0 Å². The van der Waals surface area contributed by atoms with Crippen molar-refractivity contribution in [1.29, 1.82) is 0 Å². The lowest BCUT2D eigenvalue weighted by Crippen LogP contribution is -2.08. The fourth-order valence-electron chi connectivity index (χ4n) is 1.88.